The molecule has 3 rings (SSSR count). The number of hydrogen-bond donors (Lipinski definition) is 1. The van der Waals surface area contributed by atoms with Crippen LogP contribution in [0.3, 0.4) is 0 Å². The Morgan fingerprint density at radius 1 is 1.36 bits per heavy atom. The first-order valence-electron chi connectivity index (χ1n) is 8.80. The molecule has 0 radical (unpaired) electrons. The van der Waals surface area contributed by atoms with Gasteiger partial charge in [0.1, 0.15) is 11.4 Å². The lowest BCUT2D eigenvalue weighted by atomic mass is 9.91. The van der Waals surface area contributed by atoms with Crippen LogP contribution in [0.5, 0.6) is 0 Å². The minimum atomic E-state index is -3.86. The van der Waals surface area contributed by atoms with Gasteiger partial charge in [-0.25, -0.2) is 30.9 Å². The molecule has 0 aliphatic carbocycles. The third-order valence-corrected chi connectivity index (χ3v) is 7.06. The number of guanidine groups is 1. The predicted octanol–water partition coefficient (Wildman–Crippen LogP) is 2.51. The van der Waals surface area contributed by atoms with Crippen LogP contribution in [-0.2, 0) is 20.3 Å². The number of rotatable bonds is 3. The Morgan fingerprint density at radius 3 is 2.61 bits per heavy atom. The third-order valence-electron chi connectivity index (χ3n) is 5.11. The number of ether oxygens (including phenoxy) is 1. The summed E-state index contributed by atoms with van der Waals surface area (Å²) in [5.41, 5.74) is 3.82. The van der Waals surface area contributed by atoms with Crippen molar-refractivity contribution in [1.82, 2.24) is 4.31 Å². The largest absolute Gasteiger partial charge is 0.381 e. The molecule has 6 nitrogen and oxygen atoms in total. The molecule has 154 valence electrons. The summed E-state index contributed by atoms with van der Waals surface area (Å²) in [6, 6.07) is 2.09. The molecule has 0 bridgehead atoms. The molecule has 0 amide bonds. The van der Waals surface area contributed by atoms with E-state index in [0.717, 1.165) is 16.4 Å². The molecule has 0 saturated carbocycles. The molecule has 0 unspecified atom stereocenters. The number of aliphatic imine (C=N–C) groups is 1. The molecule has 1 aromatic rings. The second-order valence-electron chi connectivity index (χ2n) is 7.25. The SMILES string of the molecule is CN1C(N)=N[C@](C)(c2cc(/C=C(\F)C3CCOCC3)cc(F)c2F)CS1(=O)=O. The Balaban J connectivity index is 2.05. The van der Waals surface area contributed by atoms with Gasteiger partial charge in [-0.3, -0.25) is 0 Å². The van der Waals surface area contributed by atoms with E-state index in [2.05, 4.69) is 4.99 Å². The van der Waals surface area contributed by atoms with Gasteiger partial charge >= 0.3 is 0 Å². The summed E-state index contributed by atoms with van der Waals surface area (Å²) in [5.74, 6) is -4.17. The van der Waals surface area contributed by atoms with Gasteiger partial charge < -0.3 is 10.5 Å². The third kappa shape index (κ3) is 3.88. The average Bonchev–Trinajstić information content (AvgIpc) is 2.62. The molecule has 0 aromatic heterocycles. The second kappa shape index (κ2) is 7.40. The Morgan fingerprint density at radius 2 is 2.00 bits per heavy atom. The predicted molar refractivity (Wildman–Crippen MR) is 99.5 cm³/mol. The van der Waals surface area contributed by atoms with Crippen LogP contribution in [0.1, 0.15) is 30.9 Å². The van der Waals surface area contributed by atoms with E-state index in [9.17, 15) is 21.6 Å². The molecule has 0 spiro atoms. The van der Waals surface area contributed by atoms with Crippen LogP contribution in [0, 0.1) is 17.6 Å². The van der Waals surface area contributed by atoms with Gasteiger partial charge in [0.05, 0.1) is 5.75 Å². The number of allylic oxidation sites excluding steroid dienone is 1. The van der Waals surface area contributed by atoms with Gasteiger partial charge in [-0.1, -0.05) is 0 Å². The lowest BCUT2D eigenvalue weighted by Crippen LogP contribution is -2.50. The number of halogens is 3. The van der Waals surface area contributed by atoms with E-state index in [1.807, 2.05) is 0 Å². The fourth-order valence-corrected chi connectivity index (χ4v) is 4.87. The maximum absolute atomic E-state index is 14.6. The van der Waals surface area contributed by atoms with Gasteiger partial charge in [0.15, 0.2) is 11.6 Å². The molecule has 1 aromatic carbocycles. The first-order chi connectivity index (χ1) is 13.0. The topological polar surface area (TPSA) is 85.0 Å². The van der Waals surface area contributed by atoms with E-state index in [1.54, 1.807) is 0 Å². The lowest BCUT2D eigenvalue weighted by Gasteiger charge is -2.34. The van der Waals surface area contributed by atoms with Gasteiger partial charge in [0, 0.05) is 31.7 Å². The highest BCUT2D eigenvalue weighted by molar-refractivity contribution is 7.89. The summed E-state index contributed by atoms with van der Waals surface area (Å²) >= 11 is 0. The van der Waals surface area contributed by atoms with E-state index in [4.69, 9.17) is 10.5 Å². The number of nitrogens with zero attached hydrogens (tertiary/aromatic N) is 2. The van der Waals surface area contributed by atoms with E-state index in [0.29, 0.717) is 26.1 Å². The zero-order valence-corrected chi connectivity index (χ0v) is 16.4. The summed E-state index contributed by atoms with van der Waals surface area (Å²) in [4.78, 5) is 4.08. The molecule has 1 saturated heterocycles. The van der Waals surface area contributed by atoms with Gasteiger partial charge in [-0.15, -0.1) is 0 Å². The Kier molecular flexibility index (Phi) is 5.46. The van der Waals surface area contributed by atoms with Crippen LogP contribution in [0.15, 0.2) is 23.0 Å². The van der Waals surface area contributed by atoms with E-state index >= 15 is 0 Å². The van der Waals surface area contributed by atoms with E-state index < -0.39 is 38.8 Å². The zero-order chi connectivity index (χ0) is 20.7. The number of nitrogens with two attached hydrogens (primary N) is 1. The lowest BCUT2D eigenvalue weighted by molar-refractivity contribution is 0.0705. The van der Waals surface area contributed by atoms with Crippen molar-refractivity contribution in [3.05, 3.63) is 40.7 Å². The van der Waals surface area contributed by atoms with Crippen molar-refractivity contribution in [2.24, 2.45) is 16.6 Å². The van der Waals surface area contributed by atoms with Crippen molar-refractivity contribution in [3.8, 4) is 0 Å². The maximum atomic E-state index is 14.6. The molecule has 1 atom stereocenters. The standard InChI is InChI=1S/C18H22F3N3O3S/c1-18(10-28(25,26)24(2)17(22)23-18)13-7-11(9-15(20)16(13)21)8-14(19)12-3-5-27-6-4-12/h7-9,12H,3-6,10H2,1-2H3,(H2,22,23)/b14-8-/t18-/m0/s1. The Hall–Kier alpha value is -2.07. The average molecular weight is 417 g/mol. The molecular weight excluding hydrogens is 395 g/mol. The van der Waals surface area contributed by atoms with Gasteiger partial charge in [0.25, 0.3) is 0 Å². The van der Waals surface area contributed by atoms with E-state index in [1.165, 1.54) is 20.0 Å². The van der Waals surface area contributed by atoms with Crippen molar-refractivity contribution < 1.29 is 26.3 Å². The highest BCUT2D eigenvalue weighted by Gasteiger charge is 2.42. The van der Waals surface area contributed by atoms with Crippen LogP contribution in [0.2, 0.25) is 0 Å². The summed E-state index contributed by atoms with van der Waals surface area (Å²) in [6.07, 6.45) is 2.14. The molecule has 2 aliphatic rings. The quantitative estimate of drug-likeness (QED) is 0.819. The van der Waals surface area contributed by atoms with Crippen LogP contribution in [0.4, 0.5) is 13.2 Å². The smallest absolute Gasteiger partial charge is 0.239 e. The van der Waals surface area contributed by atoms with Crippen molar-refractivity contribution in [3.63, 3.8) is 0 Å². The zero-order valence-electron chi connectivity index (χ0n) is 15.6. The number of sulfonamides is 1. The summed E-state index contributed by atoms with van der Waals surface area (Å²) < 4.78 is 74.0. The summed E-state index contributed by atoms with van der Waals surface area (Å²) in [6.45, 7) is 2.23. The van der Waals surface area contributed by atoms with Gasteiger partial charge in [0.2, 0.25) is 16.0 Å². The molecule has 2 aliphatic heterocycles. The highest BCUT2D eigenvalue weighted by Crippen LogP contribution is 2.35. The molecular formula is C18H22F3N3O3S. The minimum absolute atomic E-state index is 0.0872. The van der Waals surface area contributed by atoms with Crippen LogP contribution in [0.25, 0.3) is 6.08 Å². The maximum Gasteiger partial charge on any atom is 0.239 e. The van der Waals surface area contributed by atoms with Crippen molar-refractivity contribution >= 4 is 22.1 Å². The molecule has 2 N–H and O–H groups in total. The molecule has 2 heterocycles. The molecule has 28 heavy (non-hydrogen) atoms. The summed E-state index contributed by atoms with van der Waals surface area (Å²) in [7, 11) is -2.63. The number of hydrogen-bond acceptors (Lipinski definition) is 5. The highest BCUT2D eigenvalue weighted by atomic mass is 32.2. The second-order valence-corrected chi connectivity index (χ2v) is 9.25. The van der Waals surface area contributed by atoms with Gasteiger partial charge in [-0.05, 0) is 43.5 Å². The fourth-order valence-electron chi connectivity index (χ4n) is 3.42. The Bertz CT molecular complexity index is 943. The van der Waals surface area contributed by atoms with Crippen molar-refractivity contribution in [2.45, 2.75) is 25.3 Å². The fraction of sp³-hybridized carbons (Fsp3) is 0.500. The van der Waals surface area contributed by atoms with Gasteiger partial charge in [-0.2, -0.15) is 0 Å². The van der Waals surface area contributed by atoms with Crippen LogP contribution in [-0.4, -0.2) is 44.7 Å². The minimum Gasteiger partial charge on any atom is -0.381 e. The van der Waals surface area contributed by atoms with Crippen LogP contribution < -0.4 is 5.73 Å². The van der Waals surface area contributed by atoms with Crippen molar-refractivity contribution in [1.29, 1.82) is 0 Å². The molecule has 10 heteroatoms. The molecule has 1 fully saturated rings. The first-order valence-corrected chi connectivity index (χ1v) is 10.4. The monoisotopic (exact) mass is 417 g/mol. The van der Waals surface area contributed by atoms with Crippen LogP contribution >= 0.6 is 0 Å². The normalized spacial score (nSPS) is 26.2. The first kappa shape index (κ1) is 20.7. The van der Waals surface area contributed by atoms with E-state index in [-0.39, 0.29) is 23.0 Å². The number of benzene rings is 1. The van der Waals surface area contributed by atoms with Crippen molar-refractivity contribution in [2.75, 3.05) is 26.0 Å². The Labute approximate surface area is 161 Å². The summed E-state index contributed by atoms with van der Waals surface area (Å²) in [5, 5.41) is 0.